The highest BCUT2D eigenvalue weighted by Gasteiger charge is 2.28. The highest BCUT2D eigenvalue weighted by molar-refractivity contribution is 7.86. The van der Waals surface area contributed by atoms with Gasteiger partial charge in [-0.05, 0) is 36.5 Å². The second-order valence-electron chi connectivity index (χ2n) is 9.72. The molecule has 1 unspecified atom stereocenters. The monoisotopic (exact) mass is 362 g/mol. The van der Waals surface area contributed by atoms with Crippen molar-refractivity contribution >= 4 is 10.2 Å². The van der Waals surface area contributed by atoms with E-state index in [-0.39, 0.29) is 6.04 Å². The maximum Gasteiger partial charge on any atom is 0.281 e. The SMILES string of the molecule is CN(C)S(=O)(=O)N(C)C(CCCCC(C)(C)C)CCCC(C)(C)C. The molecule has 0 saturated carbocycles. The molecule has 24 heavy (non-hydrogen) atoms. The highest BCUT2D eigenvalue weighted by Crippen LogP contribution is 2.27. The molecule has 1 atom stereocenters. The summed E-state index contributed by atoms with van der Waals surface area (Å²) in [6.07, 6.45) is 7.52. The van der Waals surface area contributed by atoms with Crippen molar-refractivity contribution < 1.29 is 8.42 Å². The summed E-state index contributed by atoms with van der Waals surface area (Å²) < 4.78 is 27.9. The summed E-state index contributed by atoms with van der Waals surface area (Å²) in [4.78, 5) is 0. The van der Waals surface area contributed by atoms with Gasteiger partial charge in [0.25, 0.3) is 10.2 Å². The standard InChI is InChI=1S/C19H42N2O2S/c1-18(2,3)15-11-10-13-17(14-12-16-19(4,5)6)21(9)24(22,23)20(7)8/h17H,10-16H2,1-9H3. The Morgan fingerprint density at radius 1 is 0.750 bits per heavy atom. The molecule has 5 heteroatoms. The molecule has 0 aliphatic rings. The van der Waals surface area contributed by atoms with Crippen molar-refractivity contribution in [2.45, 2.75) is 92.5 Å². The van der Waals surface area contributed by atoms with Crippen LogP contribution in [0.5, 0.6) is 0 Å². The van der Waals surface area contributed by atoms with Gasteiger partial charge < -0.3 is 0 Å². The van der Waals surface area contributed by atoms with E-state index in [4.69, 9.17) is 0 Å². The molecule has 0 radical (unpaired) electrons. The average molecular weight is 363 g/mol. The molecule has 0 heterocycles. The highest BCUT2D eigenvalue weighted by atomic mass is 32.2. The molecule has 0 aliphatic carbocycles. The number of hydrogen-bond acceptors (Lipinski definition) is 2. The Hall–Kier alpha value is -0.130. The zero-order valence-electron chi connectivity index (χ0n) is 17.6. The molecule has 0 N–H and O–H groups in total. The van der Waals surface area contributed by atoms with Gasteiger partial charge in [-0.2, -0.15) is 17.0 Å². The zero-order valence-corrected chi connectivity index (χ0v) is 18.5. The maximum atomic E-state index is 12.5. The first kappa shape index (κ1) is 23.9. The molecule has 0 fully saturated rings. The first-order chi connectivity index (χ1) is 10.7. The Morgan fingerprint density at radius 3 is 1.58 bits per heavy atom. The maximum absolute atomic E-state index is 12.5. The molecule has 0 rings (SSSR count). The molecular formula is C19H42N2O2S. The van der Waals surface area contributed by atoms with E-state index in [2.05, 4.69) is 41.5 Å². The summed E-state index contributed by atoms with van der Waals surface area (Å²) in [5.74, 6) is 0. The second-order valence-corrected chi connectivity index (χ2v) is 11.9. The van der Waals surface area contributed by atoms with E-state index < -0.39 is 10.2 Å². The Balaban J connectivity index is 4.77. The van der Waals surface area contributed by atoms with Gasteiger partial charge in [0.15, 0.2) is 0 Å². The van der Waals surface area contributed by atoms with Crippen LogP contribution < -0.4 is 0 Å². The summed E-state index contributed by atoms with van der Waals surface area (Å²) in [6, 6.07) is 0.0970. The van der Waals surface area contributed by atoms with Crippen molar-refractivity contribution in [3.8, 4) is 0 Å². The third-order valence-corrected chi connectivity index (χ3v) is 6.47. The van der Waals surface area contributed by atoms with Crippen molar-refractivity contribution in [2.24, 2.45) is 10.8 Å². The van der Waals surface area contributed by atoms with Crippen LogP contribution in [0.25, 0.3) is 0 Å². The fourth-order valence-electron chi connectivity index (χ4n) is 2.86. The Labute approximate surface area is 152 Å². The van der Waals surface area contributed by atoms with Crippen LogP contribution in [0.15, 0.2) is 0 Å². The van der Waals surface area contributed by atoms with Crippen LogP contribution in [0.1, 0.15) is 86.5 Å². The first-order valence-electron chi connectivity index (χ1n) is 9.32. The van der Waals surface area contributed by atoms with Crippen LogP contribution in [0, 0.1) is 10.8 Å². The second kappa shape index (κ2) is 9.54. The quantitative estimate of drug-likeness (QED) is 0.518. The van der Waals surface area contributed by atoms with Gasteiger partial charge in [0.2, 0.25) is 0 Å². The van der Waals surface area contributed by atoms with Crippen molar-refractivity contribution in [1.29, 1.82) is 0 Å². The normalized spacial score (nSPS) is 15.3. The van der Waals surface area contributed by atoms with E-state index in [9.17, 15) is 8.42 Å². The Bertz CT molecular complexity index is 445. The third kappa shape index (κ3) is 10.00. The number of unbranched alkanes of at least 4 members (excludes halogenated alkanes) is 1. The summed E-state index contributed by atoms with van der Waals surface area (Å²) in [5, 5.41) is 0. The van der Waals surface area contributed by atoms with Crippen molar-refractivity contribution in [2.75, 3.05) is 21.1 Å². The topological polar surface area (TPSA) is 40.6 Å². The van der Waals surface area contributed by atoms with E-state index >= 15 is 0 Å². The predicted octanol–water partition coefficient (Wildman–Crippen LogP) is 4.92. The minimum atomic E-state index is -3.34. The van der Waals surface area contributed by atoms with Gasteiger partial charge in [-0.15, -0.1) is 0 Å². The van der Waals surface area contributed by atoms with Crippen LogP contribution in [-0.2, 0) is 10.2 Å². The molecular weight excluding hydrogens is 320 g/mol. The van der Waals surface area contributed by atoms with E-state index in [0.717, 1.165) is 38.5 Å². The number of rotatable bonds is 10. The molecule has 4 nitrogen and oxygen atoms in total. The third-order valence-electron chi connectivity index (χ3n) is 4.52. The summed E-state index contributed by atoms with van der Waals surface area (Å²) in [6.45, 7) is 13.5. The summed E-state index contributed by atoms with van der Waals surface area (Å²) in [7, 11) is 1.61. The van der Waals surface area contributed by atoms with E-state index in [1.807, 2.05) is 0 Å². The summed E-state index contributed by atoms with van der Waals surface area (Å²) in [5.41, 5.74) is 0.652. The molecule has 0 aromatic heterocycles. The van der Waals surface area contributed by atoms with Gasteiger partial charge in [0.05, 0.1) is 0 Å². The zero-order chi connectivity index (χ0) is 19.2. The van der Waals surface area contributed by atoms with Gasteiger partial charge >= 0.3 is 0 Å². The average Bonchev–Trinajstić information content (AvgIpc) is 2.37. The minimum Gasteiger partial charge on any atom is -0.195 e. The number of nitrogens with zero attached hydrogens (tertiary/aromatic N) is 2. The first-order valence-corrected chi connectivity index (χ1v) is 10.7. The number of hydrogen-bond donors (Lipinski definition) is 0. The Kier molecular flexibility index (Phi) is 9.48. The van der Waals surface area contributed by atoms with Gasteiger partial charge in [-0.1, -0.05) is 60.8 Å². The van der Waals surface area contributed by atoms with Gasteiger partial charge in [-0.25, -0.2) is 0 Å². The lowest BCUT2D eigenvalue weighted by atomic mass is 9.87. The lowest BCUT2D eigenvalue weighted by Crippen LogP contribution is -2.43. The van der Waals surface area contributed by atoms with Gasteiger partial charge in [0.1, 0.15) is 0 Å². The van der Waals surface area contributed by atoms with Crippen LogP contribution >= 0.6 is 0 Å². The molecule has 0 saturated heterocycles. The largest absolute Gasteiger partial charge is 0.281 e. The van der Waals surface area contributed by atoms with Crippen LogP contribution in [0.2, 0.25) is 0 Å². The Morgan fingerprint density at radius 2 is 1.17 bits per heavy atom. The van der Waals surface area contributed by atoms with E-state index in [1.54, 1.807) is 25.4 Å². The van der Waals surface area contributed by atoms with E-state index in [0.29, 0.717) is 10.8 Å². The predicted molar refractivity (Wildman–Crippen MR) is 105 cm³/mol. The molecule has 0 amide bonds. The molecule has 0 aliphatic heterocycles. The molecule has 0 bridgehead atoms. The van der Waals surface area contributed by atoms with Crippen LogP contribution in [0.4, 0.5) is 0 Å². The van der Waals surface area contributed by atoms with Crippen LogP contribution in [-0.4, -0.2) is 44.2 Å². The van der Waals surface area contributed by atoms with Gasteiger partial charge in [0, 0.05) is 27.2 Å². The van der Waals surface area contributed by atoms with Crippen molar-refractivity contribution in [1.82, 2.24) is 8.61 Å². The van der Waals surface area contributed by atoms with Crippen molar-refractivity contribution in [3.63, 3.8) is 0 Å². The van der Waals surface area contributed by atoms with Crippen LogP contribution in [0.3, 0.4) is 0 Å². The molecule has 0 aromatic rings. The minimum absolute atomic E-state index is 0.0970. The van der Waals surface area contributed by atoms with Crippen molar-refractivity contribution in [3.05, 3.63) is 0 Å². The fourth-order valence-corrected chi connectivity index (χ4v) is 3.96. The van der Waals surface area contributed by atoms with E-state index in [1.165, 1.54) is 10.7 Å². The fraction of sp³-hybridized carbons (Fsp3) is 1.00. The molecule has 0 aromatic carbocycles. The van der Waals surface area contributed by atoms with Gasteiger partial charge in [-0.3, -0.25) is 0 Å². The summed E-state index contributed by atoms with van der Waals surface area (Å²) >= 11 is 0. The lowest BCUT2D eigenvalue weighted by molar-refractivity contribution is 0.272. The molecule has 146 valence electrons. The molecule has 0 spiro atoms. The lowest BCUT2D eigenvalue weighted by Gasteiger charge is -2.31. The smallest absolute Gasteiger partial charge is 0.195 e.